The van der Waals surface area contributed by atoms with E-state index in [1.165, 1.54) is 28.5 Å². The number of hydrogen-bond acceptors (Lipinski definition) is 5. The molecule has 0 radical (unpaired) electrons. The number of ether oxygens (including phenoxy) is 1. The molecule has 1 aromatic carbocycles. The Morgan fingerprint density at radius 3 is 2.44 bits per heavy atom. The van der Waals surface area contributed by atoms with E-state index in [2.05, 4.69) is 11.1 Å². The van der Waals surface area contributed by atoms with Crippen LogP contribution in [0.5, 0.6) is 0 Å². The number of esters is 1. The molecule has 0 bridgehead atoms. The first-order valence-corrected chi connectivity index (χ1v) is 13.5. The van der Waals surface area contributed by atoms with Gasteiger partial charge in [-0.3, -0.25) is 0 Å². The molecule has 174 valence electrons. The average Bonchev–Trinajstić information content (AvgIpc) is 3.32. The van der Waals surface area contributed by atoms with Crippen molar-refractivity contribution < 1.29 is 17.9 Å². The lowest BCUT2D eigenvalue weighted by Gasteiger charge is -2.19. The summed E-state index contributed by atoms with van der Waals surface area (Å²) in [6.07, 6.45) is 6.28. The van der Waals surface area contributed by atoms with E-state index < -0.39 is 15.6 Å². The van der Waals surface area contributed by atoms with Crippen molar-refractivity contribution >= 4 is 38.2 Å². The van der Waals surface area contributed by atoms with Crippen LogP contribution in [0.3, 0.4) is 0 Å². The molecule has 0 amide bonds. The van der Waals surface area contributed by atoms with Crippen molar-refractivity contribution in [3.8, 4) is 0 Å². The first-order valence-electron chi connectivity index (χ1n) is 10.8. The zero-order chi connectivity index (χ0) is 23.4. The van der Waals surface area contributed by atoms with Crippen molar-refractivity contribution in [1.82, 2.24) is 9.29 Å². The topological polar surface area (TPSA) is 79.5 Å². The van der Waals surface area contributed by atoms with Crippen LogP contribution in [0, 0.1) is 0 Å². The van der Waals surface area contributed by atoms with E-state index in [0.717, 1.165) is 29.7 Å². The molecule has 1 N–H and O–H groups in total. The molecule has 0 spiro atoms. The molecule has 0 atom stereocenters. The maximum Gasteiger partial charge on any atom is 0.348 e. The number of hydrogen-bond donors (Lipinski definition) is 1. The highest BCUT2D eigenvalue weighted by molar-refractivity contribution is 7.88. The van der Waals surface area contributed by atoms with Crippen LogP contribution in [-0.4, -0.2) is 48.6 Å². The number of sulfonamides is 1. The number of H-pyrrole nitrogens is 1. The number of nitrogens with zero attached hydrogens (tertiary/aromatic N) is 1. The molecule has 8 heteroatoms. The lowest BCUT2D eigenvalue weighted by Crippen LogP contribution is -2.32. The largest absolute Gasteiger partial charge is 0.456 e. The van der Waals surface area contributed by atoms with Crippen LogP contribution in [0.2, 0.25) is 0 Å². The van der Waals surface area contributed by atoms with Crippen molar-refractivity contribution in [2.75, 3.05) is 19.3 Å². The molecule has 0 aliphatic carbocycles. The zero-order valence-corrected chi connectivity index (χ0v) is 20.8. The predicted octanol–water partition coefficient (Wildman–Crippen LogP) is 5.01. The van der Waals surface area contributed by atoms with Crippen LogP contribution in [0.15, 0.2) is 42.6 Å². The van der Waals surface area contributed by atoms with Gasteiger partial charge < -0.3 is 9.72 Å². The molecule has 2 aromatic heterocycles. The van der Waals surface area contributed by atoms with Crippen LogP contribution >= 0.6 is 11.3 Å². The van der Waals surface area contributed by atoms with E-state index >= 15 is 0 Å². The Bertz CT molecular complexity index is 1160. The predicted molar refractivity (Wildman–Crippen MR) is 131 cm³/mol. The minimum atomic E-state index is -3.28. The number of carbonyl (C=O) groups excluding carboxylic acids is 1. The van der Waals surface area contributed by atoms with E-state index in [0.29, 0.717) is 24.4 Å². The van der Waals surface area contributed by atoms with Crippen LogP contribution in [0.1, 0.15) is 53.7 Å². The Hall–Kier alpha value is -2.16. The molecular weight excluding hydrogens is 444 g/mol. The van der Waals surface area contributed by atoms with Gasteiger partial charge in [-0.05, 0) is 70.2 Å². The number of aromatic amines is 1. The molecule has 3 aromatic rings. The number of nitrogens with one attached hydrogen (secondary N) is 1. The van der Waals surface area contributed by atoms with Gasteiger partial charge >= 0.3 is 5.97 Å². The number of rotatable bonds is 10. The summed E-state index contributed by atoms with van der Waals surface area (Å²) in [4.78, 5) is 17.1. The third kappa shape index (κ3) is 6.92. The number of para-hydroxylation sites is 1. The molecule has 0 aliphatic heterocycles. The van der Waals surface area contributed by atoms with Crippen molar-refractivity contribution in [2.24, 2.45) is 0 Å². The van der Waals surface area contributed by atoms with Gasteiger partial charge in [0.2, 0.25) is 10.0 Å². The van der Waals surface area contributed by atoms with Gasteiger partial charge in [0.05, 0.1) is 6.26 Å². The maximum atomic E-state index is 12.3. The van der Waals surface area contributed by atoms with Gasteiger partial charge in [0.1, 0.15) is 10.5 Å². The summed E-state index contributed by atoms with van der Waals surface area (Å²) in [5.41, 5.74) is 1.79. The highest BCUT2D eigenvalue weighted by Crippen LogP contribution is 2.22. The molecule has 6 nitrogen and oxygen atoms in total. The fourth-order valence-corrected chi connectivity index (χ4v) is 5.46. The highest BCUT2D eigenvalue weighted by Gasteiger charge is 2.20. The lowest BCUT2D eigenvalue weighted by molar-refractivity contribution is 0.00752. The number of aryl methyl sites for hydroxylation is 2. The molecule has 0 saturated carbocycles. The van der Waals surface area contributed by atoms with Crippen molar-refractivity contribution in [3.05, 3.63) is 57.9 Å². The smallest absolute Gasteiger partial charge is 0.348 e. The van der Waals surface area contributed by atoms with Crippen LogP contribution in [0.4, 0.5) is 0 Å². The zero-order valence-electron chi connectivity index (χ0n) is 19.2. The van der Waals surface area contributed by atoms with Crippen molar-refractivity contribution in [2.45, 2.75) is 52.1 Å². The Morgan fingerprint density at radius 2 is 1.75 bits per heavy atom. The molecule has 0 unspecified atom stereocenters. The fraction of sp³-hybridized carbons (Fsp3) is 0.458. The third-order valence-corrected chi connectivity index (χ3v) is 7.52. The van der Waals surface area contributed by atoms with Crippen molar-refractivity contribution in [3.63, 3.8) is 0 Å². The fourth-order valence-electron chi connectivity index (χ4n) is 3.61. The Labute approximate surface area is 194 Å². The number of benzene rings is 1. The number of thiophene rings is 1. The molecule has 2 heterocycles. The van der Waals surface area contributed by atoms with E-state index in [-0.39, 0.29) is 5.97 Å². The summed E-state index contributed by atoms with van der Waals surface area (Å²) in [7, 11) is -3.28. The second-order valence-corrected chi connectivity index (χ2v) is 12.1. The van der Waals surface area contributed by atoms with Gasteiger partial charge in [-0.25, -0.2) is 17.5 Å². The number of fused-ring (bicyclic) bond motifs is 1. The maximum absolute atomic E-state index is 12.3. The highest BCUT2D eigenvalue weighted by atomic mass is 32.2. The summed E-state index contributed by atoms with van der Waals surface area (Å²) in [6, 6.07) is 11.8. The van der Waals surface area contributed by atoms with Gasteiger partial charge in [0.25, 0.3) is 0 Å². The van der Waals surface area contributed by atoms with E-state index in [1.807, 2.05) is 51.2 Å². The first kappa shape index (κ1) is 24.5. The molecule has 3 rings (SSSR count). The normalized spacial score (nSPS) is 12.5. The second-order valence-electron chi connectivity index (χ2n) is 9.00. The number of aromatic nitrogens is 1. The van der Waals surface area contributed by atoms with Crippen LogP contribution in [-0.2, 0) is 27.6 Å². The van der Waals surface area contributed by atoms with Crippen LogP contribution < -0.4 is 0 Å². The molecule has 0 aliphatic rings. The minimum Gasteiger partial charge on any atom is -0.456 e. The average molecular weight is 477 g/mol. The SMILES string of the molecule is CC(C)(C)OC(=O)c1ccc(CCCN(CCCc2c[nH]c3ccccc23)S(C)(=O)=O)s1. The molecular formula is C24H32N2O4S2. The quantitative estimate of drug-likeness (QED) is 0.417. The Kier molecular flexibility index (Phi) is 7.79. The molecule has 0 saturated heterocycles. The van der Waals surface area contributed by atoms with Gasteiger partial charge in [0.15, 0.2) is 0 Å². The second kappa shape index (κ2) is 10.2. The van der Waals surface area contributed by atoms with Crippen molar-refractivity contribution in [1.29, 1.82) is 0 Å². The van der Waals surface area contributed by atoms with E-state index in [4.69, 9.17) is 4.74 Å². The summed E-state index contributed by atoms with van der Waals surface area (Å²) in [5.74, 6) is -0.316. The summed E-state index contributed by atoms with van der Waals surface area (Å²) < 4.78 is 31.5. The molecule has 0 fully saturated rings. The first-order chi connectivity index (χ1) is 15.0. The summed E-state index contributed by atoms with van der Waals surface area (Å²) >= 11 is 1.41. The molecule has 32 heavy (non-hydrogen) atoms. The van der Waals surface area contributed by atoms with Gasteiger partial charge in [-0.15, -0.1) is 11.3 Å². The Morgan fingerprint density at radius 1 is 1.06 bits per heavy atom. The van der Waals surface area contributed by atoms with Gasteiger partial charge in [-0.1, -0.05) is 18.2 Å². The van der Waals surface area contributed by atoms with E-state index in [9.17, 15) is 13.2 Å². The Balaban J connectivity index is 1.50. The standard InChI is InChI=1S/C24H32N2O4S2/c1-24(2,3)30-23(27)22-14-13-19(31-22)10-8-16-26(32(4,28)29)15-7-9-18-17-25-21-12-6-5-11-20(18)21/h5-6,11-14,17,25H,7-10,15-16H2,1-4H3. The lowest BCUT2D eigenvalue weighted by atomic mass is 10.1. The van der Waals surface area contributed by atoms with Gasteiger partial charge in [0, 0.05) is 35.1 Å². The monoisotopic (exact) mass is 476 g/mol. The summed E-state index contributed by atoms with van der Waals surface area (Å²) in [6.45, 7) is 6.49. The van der Waals surface area contributed by atoms with Crippen LogP contribution in [0.25, 0.3) is 10.9 Å². The third-order valence-electron chi connectivity index (χ3n) is 5.09. The summed E-state index contributed by atoms with van der Waals surface area (Å²) in [5, 5.41) is 1.19. The van der Waals surface area contributed by atoms with E-state index in [1.54, 1.807) is 10.4 Å². The minimum absolute atomic E-state index is 0.316. The number of carbonyl (C=O) groups is 1. The van der Waals surface area contributed by atoms with Gasteiger partial charge in [-0.2, -0.15) is 0 Å².